The van der Waals surface area contributed by atoms with E-state index < -0.39 is 12.1 Å². The average molecular weight is 326 g/mol. The number of hydrogen-bond donors (Lipinski definition) is 2. The summed E-state index contributed by atoms with van der Waals surface area (Å²) in [6.07, 6.45) is -1.27. The maximum atomic E-state index is 12.2. The van der Waals surface area contributed by atoms with Crippen molar-refractivity contribution in [3.8, 4) is 0 Å². The molecule has 1 fully saturated rings. The number of amides is 2. The van der Waals surface area contributed by atoms with E-state index in [0.29, 0.717) is 17.2 Å². The number of nitrogens with one attached hydrogen (secondary N) is 2. The van der Waals surface area contributed by atoms with Gasteiger partial charge in [0.1, 0.15) is 0 Å². The summed E-state index contributed by atoms with van der Waals surface area (Å²) < 4.78 is 36.6. The summed E-state index contributed by atoms with van der Waals surface area (Å²) in [6.45, 7) is 1.56. The molecule has 2 amide bonds. The number of carbonyl (C=O) groups excluding carboxylic acids is 2. The quantitative estimate of drug-likeness (QED) is 0.817. The molecule has 0 unspecified atom stereocenters. The molecule has 124 valence electrons. The fraction of sp³-hybridized carbons (Fsp3) is 0.375. The highest BCUT2D eigenvalue weighted by molar-refractivity contribution is 6.00. The second-order valence-corrected chi connectivity index (χ2v) is 5.49. The molecule has 1 aromatic carbocycles. The Hall–Kier alpha value is -2.31. The summed E-state index contributed by atoms with van der Waals surface area (Å²) in [7, 11) is 0. The van der Waals surface area contributed by atoms with Gasteiger partial charge >= 0.3 is 12.1 Å². The Morgan fingerprint density at radius 3 is 2.52 bits per heavy atom. The van der Waals surface area contributed by atoms with Gasteiger partial charge in [0.15, 0.2) is 0 Å². The molecule has 1 aromatic rings. The van der Waals surface area contributed by atoms with Gasteiger partial charge in [-0.15, -0.1) is 0 Å². The van der Waals surface area contributed by atoms with Gasteiger partial charge in [0, 0.05) is 18.3 Å². The van der Waals surface area contributed by atoms with E-state index in [1.54, 1.807) is 29.6 Å². The maximum absolute atomic E-state index is 12.2. The first-order valence-corrected chi connectivity index (χ1v) is 7.19. The molecule has 0 radical (unpaired) electrons. The van der Waals surface area contributed by atoms with E-state index in [-0.39, 0.29) is 12.5 Å². The van der Waals surface area contributed by atoms with Gasteiger partial charge in [0.2, 0.25) is 5.91 Å². The Kier molecular flexibility index (Phi) is 5.08. The van der Waals surface area contributed by atoms with Crippen LogP contribution in [0.5, 0.6) is 0 Å². The predicted molar refractivity (Wildman–Crippen MR) is 79.5 cm³/mol. The number of rotatable bonds is 5. The molecule has 1 aliphatic carbocycles. The molecule has 0 aliphatic heterocycles. The van der Waals surface area contributed by atoms with Crippen molar-refractivity contribution in [3.63, 3.8) is 0 Å². The van der Waals surface area contributed by atoms with Crippen LogP contribution in [0.3, 0.4) is 0 Å². The highest BCUT2D eigenvalue weighted by Crippen LogP contribution is 2.35. The molecule has 2 N–H and O–H groups in total. The van der Waals surface area contributed by atoms with E-state index in [1.807, 2.05) is 6.92 Å². The number of alkyl halides is 3. The summed E-state index contributed by atoms with van der Waals surface area (Å²) in [5, 5.41) is 4.43. The van der Waals surface area contributed by atoms with Crippen LogP contribution in [0.25, 0.3) is 0 Å². The maximum Gasteiger partial charge on any atom is 0.471 e. The zero-order chi connectivity index (χ0) is 17.0. The van der Waals surface area contributed by atoms with E-state index >= 15 is 0 Å². The van der Waals surface area contributed by atoms with Gasteiger partial charge in [0.05, 0.1) is 0 Å². The van der Waals surface area contributed by atoms with Crippen LogP contribution in [0.4, 0.5) is 18.9 Å². The van der Waals surface area contributed by atoms with Crippen molar-refractivity contribution in [1.29, 1.82) is 0 Å². The number of benzene rings is 1. The van der Waals surface area contributed by atoms with E-state index in [9.17, 15) is 22.8 Å². The molecule has 0 saturated heterocycles. The zero-order valence-electron chi connectivity index (χ0n) is 12.5. The van der Waals surface area contributed by atoms with E-state index in [4.69, 9.17) is 0 Å². The Balaban J connectivity index is 2.01. The lowest BCUT2D eigenvalue weighted by Crippen LogP contribution is -2.36. The number of halogens is 3. The first-order valence-electron chi connectivity index (χ1n) is 7.19. The fourth-order valence-electron chi connectivity index (χ4n) is 2.10. The minimum absolute atomic E-state index is 0.319. The van der Waals surface area contributed by atoms with Gasteiger partial charge in [-0.1, -0.05) is 23.8 Å². The molecule has 1 saturated carbocycles. The highest BCUT2D eigenvalue weighted by Gasteiger charge is 2.38. The lowest BCUT2D eigenvalue weighted by atomic mass is 10.1. The number of allylic oxidation sites excluding steroid dienone is 1. The van der Waals surface area contributed by atoms with Gasteiger partial charge in [-0.3, -0.25) is 9.59 Å². The predicted octanol–water partition coefficient (Wildman–Crippen LogP) is 3.16. The van der Waals surface area contributed by atoms with Crippen molar-refractivity contribution in [2.75, 3.05) is 5.32 Å². The monoisotopic (exact) mass is 326 g/mol. The molecule has 2 rings (SSSR count). The average Bonchev–Trinajstić information content (AvgIpc) is 3.29. The first-order chi connectivity index (χ1) is 10.8. The third-order valence-electron chi connectivity index (χ3n) is 3.55. The lowest BCUT2D eigenvalue weighted by molar-refractivity contribution is -0.173. The van der Waals surface area contributed by atoms with Crippen molar-refractivity contribution in [1.82, 2.24) is 5.32 Å². The van der Waals surface area contributed by atoms with E-state index in [2.05, 4.69) is 5.32 Å². The third kappa shape index (κ3) is 5.12. The molecule has 1 aliphatic rings. The topological polar surface area (TPSA) is 58.2 Å². The molecule has 0 bridgehead atoms. The van der Waals surface area contributed by atoms with Gasteiger partial charge in [0.25, 0.3) is 0 Å². The van der Waals surface area contributed by atoms with E-state index in [1.165, 1.54) is 6.08 Å². The Labute approximate surface area is 131 Å². The van der Waals surface area contributed by atoms with Crippen molar-refractivity contribution in [2.45, 2.75) is 32.5 Å². The molecular weight excluding hydrogens is 309 g/mol. The van der Waals surface area contributed by atoms with Gasteiger partial charge in [-0.2, -0.15) is 13.2 Å². The molecule has 0 heterocycles. The minimum Gasteiger partial charge on any atom is -0.344 e. The van der Waals surface area contributed by atoms with Gasteiger partial charge in [-0.25, -0.2) is 0 Å². The van der Waals surface area contributed by atoms with Crippen molar-refractivity contribution < 1.29 is 22.8 Å². The number of hydrogen-bond acceptors (Lipinski definition) is 2. The lowest BCUT2D eigenvalue weighted by Gasteiger charge is -2.12. The van der Waals surface area contributed by atoms with Crippen molar-refractivity contribution in [2.24, 2.45) is 5.92 Å². The fourth-order valence-corrected chi connectivity index (χ4v) is 2.10. The molecule has 0 spiro atoms. The highest BCUT2D eigenvalue weighted by atomic mass is 19.4. The van der Waals surface area contributed by atoms with Gasteiger partial charge in [-0.05, 0) is 37.3 Å². The van der Waals surface area contributed by atoms with Crippen LogP contribution in [0, 0.1) is 5.92 Å². The summed E-state index contributed by atoms with van der Waals surface area (Å²) >= 11 is 0. The second-order valence-electron chi connectivity index (χ2n) is 5.49. The van der Waals surface area contributed by atoms with Crippen LogP contribution in [0.1, 0.15) is 25.3 Å². The Bertz CT molecular complexity index is 634. The summed E-state index contributed by atoms with van der Waals surface area (Å²) in [5.41, 5.74) is 1.76. The van der Waals surface area contributed by atoms with Crippen LogP contribution < -0.4 is 10.6 Å². The third-order valence-corrected chi connectivity index (χ3v) is 3.55. The molecular formula is C16H17F3N2O2. The summed E-state index contributed by atoms with van der Waals surface area (Å²) in [6, 6.07) is 6.40. The summed E-state index contributed by atoms with van der Waals surface area (Å²) in [5.74, 6) is -1.88. The Morgan fingerprint density at radius 1 is 1.26 bits per heavy atom. The second kappa shape index (κ2) is 6.85. The number of anilines is 1. The first kappa shape index (κ1) is 17.1. The largest absolute Gasteiger partial charge is 0.471 e. The smallest absolute Gasteiger partial charge is 0.344 e. The molecule has 23 heavy (non-hydrogen) atoms. The standard InChI is InChI=1S/C16H17F3N2O2/c1-10(11-6-7-11)8-14(22)21-13-5-3-2-4-12(13)9-20-15(23)16(17,18)19/h2-5,8,11H,6-7,9H2,1H3,(H,20,23)(H,21,22)/b10-8+. The van der Waals surface area contributed by atoms with Crippen LogP contribution in [0.2, 0.25) is 0 Å². The SMILES string of the molecule is C/C(=C\C(=O)Nc1ccccc1CNC(=O)C(F)(F)F)C1CC1. The normalized spacial score (nSPS) is 15.2. The van der Waals surface area contributed by atoms with Gasteiger partial charge < -0.3 is 10.6 Å². The molecule has 7 heteroatoms. The summed E-state index contributed by atoms with van der Waals surface area (Å²) in [4.78, 5) is 22.8. The van der Waals surface area contributed by atoms with Crippen LogP contribution >= 0.6 is 0 Å². The van der Waals surface area contributed by atoms with Crippen LogP contribution in [0.15, 0.2) is 35.9 Å². The minimum atomic E-state index is -4.93. The molecule has 0 aromatic heterocycles. The van der Waals surface area contributed by atoms with E-state index in [0.717, 1.165) is 18.4 Å². The van der Waals surface area contributed by atoms with Crippen molar-refractivity contribution in [3.05, 3.63) is 41.5 Å². The van der Waals surface area contributed by atoms with Crippen LogP contribution in [-0.4, -0.2) is 18.0 Å². The zero-order valence-corrected chi connectivity index (χ0v) is 12.5. The van der Waals surface area contributed by atoms with Crippen molar-refractivity contribution >= 4 is 17.5 Å². The Morgan fingerprint density at radius 2 is 1.91 bits per heavy atom. The molecule has 0 atom stereocenters. The number of para-hydroxylation sites is 1. The van der Waals surface area contributed by atoms with Crippen LogP contribution in [-0.2, 0) is 16.1 Å². The molecule has 4 nitrogen and oxygen atoms in total. The number of carbonyl (C=O) groups is 2.